The highest BCUT2D eigenvalue weighted by Gasteiger charge is 2.38. The third-order valence-corrected chi connectivity index (χ3v) is 11.3. The second-order valence-corrected chi connectivity index (χ2v) is 15.5. The van der Waals surface area contributed by atoms with Crippen molar-refractivity contribution in [3.63, 3.8) is 0 Å². The van der Waals surface area contributed by atoms with Gasteiger partial charge >= 0.3 is 0 Å². The molecule has 5 nitrogen and oxygen atoms in total. The molecule has 10 rings (SSSR count). The number of furan rings is 1. The smallest absolute Gasteiger partial charge is 0.167 e. The first-order chi connectivity index (χ1) is 25.2. The van der Waals surface area contributed by atoms with Crippen molar-refractivity contribution in [3.05, 3.63) is 145 Å². The van der Waals surface area contributed by atoms with E-state index in [4.69, 9.17) is 19.4 Å². The van der Waals surface area contributed by atoms with Crippen LogP contribution in [0.5, 0.6) is 0 Å². The number of nitrogens with zero attached hydrogens (tertiary/aromatic N) is 4. The van der Waals surface area contributed by atoms with E-state index in [-0.39, 0.29) is 10.8 Å². The molecular formula is C47H38N4O. The van der Waals surface area contributed by atoms with Crippen LogP contribution in [0, 0.1) is 0 Å². The van der Waals surface area contributed by atoms with Gasteiger partial charge in [0, 0.05) is 44.4 Å². The van der Waals surface area contributed by atoms with E-state index >= 15 is 0 Å². The van der Waals surface area contributed by atoms with Gasteiger partial charge < -0.3 is 8.98 Å². The van der Waals surface area contributed by atoms with Gasteiger partial charge in [0.25, 0.3) is 0 Å². The molecular weight excluding hydrogens is 637 g/mol. The van der Waals surface area contributed by atoms with Crippen LogP contribution in [0.1, 0.15) is 51.7 Å². The van der Waals surface area contributed by atoms with Gasteiger partial charge in [-0.1, -0.05) is 119 Å². The summed E-state index contributed by atoms with van der Waals surface area (Å²) in [6.07, 6.45) is 2.36. The summed E-state index contributed by atoms with van der Waals surface area (Å²) in [6.45, 7) is 9.60. The molecule has 0 aliphatic heterocycles. The Morgan fingerprint density at radius 3 is 1.79 bits per heavy atom. The lowest BCUT2D eigenvalue weighted by atomic mass is 9.63. The van der Waals surface area contributed by atoms with Gasteiger partial charge in [0.1, 0.15) is 11.2 Å². The summed E-state index contributed by atoms with van der Waals surface area (Å²) >= 11 is 0. The fraction of sp³-hybridized carbons (Fsp3) is 0.170. The Kier molecular flexibility index (Phi) is 6.63. The Bertz CT molecular complexity index is 2790. The molecule has 0 bridgehead atoms. The summed E-state index contributed by atoms with van der Waals surface area (Å²) < 4.78 is 9.25. The Morgan fingerprint density at radius 1 is 0.500 bits per heavy atom. The van der Waals surface area contributed by atoms with Gasteiger partial charge in [-0.25, -0.2) is 15.0 Å². The van der Waals surface area contributed by atoms with Crippen LogP contribution in [-0.2, 0) is 10.8 Å². The Hall–Kier alpha value is -6.07. The van der Waals surface area contributed by atoms with Crippen molar-refractivity contribution in [2.75, 3.05) is 0 Å². The SMILES string of the molecule is CC1(C)CCC(C)(C)c2cc3c(cc21)c1ccccc1n3-c1ccc2c(c1)oc1c(-c3nc(-c4ccccc4)nc(-c4ccccc4)n3)cccc12. The first-order valence-electron chi connectivity index (χ1n) is 18.2. The normalized spacial score (nSPS) is 15.1. The monoisotopic (exact) mass is 674 g/mol. The molecule has 0 saturated heterocycles. The minimum absolute atomic E-state index is 0.106. The van der Waals surface area contributed by atoms with E-state index in [1.54, 1.807) is 0 Å². The molecule has 3 heterocycles. The summed E-state index contributed by atoms with van der Waals surface area (Å²) in [5.74, 6) is 1.83. The summed E-state index contributed by atoms with van der Waals surface area (Å²) in [5.41, 5.74) is 11.0. The average Bonchev–Trinajstić information content (AvgIpc) is 3.72. The molecule has 0 unspecified atom stereocenters. The number of benzene rings is 6. The fourth-order valence-corrected chi connectivity index (χ4v) is 8.34. The zero-order valence-electron chi connectivity index (χ0n) is 29.8. The lowest BCUT2D eigenvalue weighted by molar-refractivity contribution is 0.332. The molecule has 3 aromatic heterocycles. The molecule has 0 radical (unpaired) electrons. The molecule has 0 spiro atoms. The van der Waals surface area contributed by atoms with Crippen molar-refractivity contribution in [2.45, 2.75) is 51.4 Å². The van der Waals surface area contributed by atoms with Crippen LogP contribution in [-0.4, -0.2) is 19.5 Å². The van der Waals surface area contributed by atoms with Crippen LogP contribution in [0.15, 0.2) is 138 Å². The van der Waals surface area contributed by atoms with Crippen LogP contribution >= 0.6 is 0 Å². The molecule has 0 N–H and O–H groups in total. The van der Waals surface area contributed by atoms with Crippen molar-refractivity contribution in [1.29, 1.82) is 0 Å². The van der Waals surface area contributed by atoms with Crippen LogP contribution in [0.3, 0.4) is 0 Å². The van der Waals surface area contributed by atoms with E-state index in [0.717, 1.165) is 44.3 Å². The van der Waals surface area contributed by atoms with Crippen molar-refractivity contribution in [3.8, 4) is 39.9 Å². The molecule has 5 heteroatoms. The van der Waals surface area contributed by atoms with Gasteiger partial charge in [-0.3, -0.25) is 0 Å². The van der Waals surface area contributed by atoms with Gasteiger partial charge in [-0.2, -0.15) is 0 Å². The van der Waals surface area contributed by atoms with Gasteiger partial charge in [-0.05, 0) is 71.2 Å². The number of para-hydroxylation sites is 2. The van der Waals surface area contributed by atoms with Crippen LogP contribution in [0.25, 0.3) is 83.6 Å². The molecule has 0 saturated carbocycles. The predicted octanol–water partition coefficient (Wildman–Crippen LogP) is 12.2. The molecule has 0 amide bonds. The second kappa shape index (κ2) is 11.2. The zero-order valence-corrected chi connectivity index (χ0v) is 29.8. The molecule has 6 aromatic carbocycles. The third-order valence-electron chi connectivity index (χ3n) is 11.3. The first kappa shape index (κ1) is 30.7. The summed E-state index contributed by atoms with van der Waals surface area (Å²) in [4.78, 5) is 14.9. The number of hydrogen-bond acceptors (Lipinski definition) is 4. The van der Waals surface area contributed by atoms with Crippen molar-refractivity contribution in [1.82, 2.24) is 19.5 Å². The van der Waals surface area contributed by atoms with Gasteiger partial charge in [0.15, 0.2) is 17.5 Å². The number of rotatable bonds is 4. The highest BCUT2D eigenvalue weighted by Crippen LogP contribution is 2.48. The first-order valence-corrected chi connectivity index (χ1v) is 18.2. The minimum Gasteiger partial charge on any atom is -0.455 e. The van der Waals surface area contributed by atoms with Gasteiger partial charge in [0.05, 0.1) is 16.6 Å². The number of aromatic nitrogens is 4. The van der Waals surface area contributed by atoms with Crippen LogP contribution in [0.4, 0.5) is 0 Å². The summed E-state index contributed by atoms with van der Waals surface area (Å²) in [6, 6.07) is 46.8. The lowest BCUT2D eigenvalue weighted by Gasteiger charge is -2.42. The summed E-state index contributed by atoms with van der Waals surface area (Å²) in [5, 5.41) is 4.65. The van der Waals surface area contributed by atoms with Crippen molar-refractivity contribution < 1.29 is 4.42 Å². The molecule has 252 valence electrons. The van der Waals surface area contributed by atoms with Crippen molar-refractivity contribution >= 4 is 43.7 Å². The van der Waals surface area contributed by atoms with E-state index in [1.165, 1.54) is 45.8 Å². The molecule has 0 atom stereocenters. The Labute approximate surface area is 302 Å². The van der Waals surface area contributed by atoms with Crippen molar-refractivity contribution in [2.24, 2.45) is 0 Å². The number of hydrogen-bond donors (Lipinski definition) is 0. The lowest BCUT2D eigenvalue weighted by Crippen LogP contribution is -2.33. The molecule has 0 fully saturated rings. The zero-order chi connectivity index (χ0) is 35.2. The largest absolute Gasteiger partial charge is 0.455 e. The van der Waals surface area contributed by atoms with E-state index < -0.39 is 0 Å². The Balaban J connectivity index is 1.18. The second-order valence-electron chi connectivity index (χ2n) is 15.5. The van der Waals surface area contributed by atoms with Gasteiger partial charge in [-0.15, -0.1) is 0 Å². The summed E-state index contributed by atoms with van der Waals surface area (Å²) in [7, 11) is 0. The molecule has 1 aliphatic rings. The van der Waals surface area contributed by atoms with Crippen LogP contribution < -0.4 is 0 Å². The molecule has 9 aromatic rings. The molecule has 52 heavy (non-hydrogen) atoms. The van der Waals surface area contributed by atoms with E-state index in [2.05, 4.69) is 99.0 Å². The van der Waals surface area contributed by atoms with E-state index in [9.17, 15) is 0 Å². The topological polar surface area (TPSA) is 56.7 Å². The minimum atomic E-state index is 0.106. The fourth-order valence-electron chi connectivity index (χ4n) is 8.34. The quantitative estimate of drug-likeness (QED) is 0.186. The maximum Gasteiger partial charge on any atom is 0.167 e. The predicted molar refractivity (Wildman–Crippen MR) is 213 cm³/mol. The highest BCUT2D eigenvalue weighted by atomic mass is 16.3. The maximum atomic E-state index is 6.83. The van der Waals surface area contributed by atoms with Gasteiger partial charge in [0.2, 0.25) is 0 Å². The van der Waals surface area contributed by atoms with E-state index in [1.807, 2.05) is 66.7 Å². The Morgan fingerprint density at radius 2 is 1.10 bits per heavy atom. The molecule has 1 aliphatic carbocycles. The highest BCUT2D eigenvalue weighted by molar-refractivity contribution is 6.12. The maximum absolute atomic E-state index is 6.83. The standard InChI is InChI=1S/C47H38N4O/c1-46(2)24-25-47(3,4)38-28-40-36(27-37(38)46)32-18-11-12-21-39(32)51(40)31-22-23-33-34-19-13-20-35(42(34)52-41(33)26-31)45-49-43(29-14-7-5-8-15-29)48-44(50-45)30-16-9-6-10-17-30/h5-23,26-28H,24-25H2,1-4H3. The van der Waals surface area contributed by atoms with Crippen LogP contribution in [0.2, 0.25) is 0 Å². The van der Waals surface area contributed by atoms with E-state index in [0.29, 0.717) is 17.5 Å². The third kappa shape index (κ3) is 4.72. The number of fused-ring (bicyclic) bond motifs is 7. The average molecular weight is 675 g/mol.